The highest BCUT2D eigenvalue weighted by Crippen LogP contribution is 2.43. The molecule has 0 aliphatic carbocycles. The summed E-state index contributed by atoms with van der Waals surface area (Å²) in [5, 5.41) is 2.79. The van der Waals surface area contributed by atoms with E-state index in [0.29, 0.717) is 35.8 Å². The summed E-state index contributed by atoms with van der Waals surface area (Å²) in [7, 11) is -2.08. The number of nitrogens with zero attached hydrogens (tertiary/aromatic N) is 2. The molecule has 2 aromatic carbocycles. The molecule has 9 heteroatoms. The number of carbonyl (C=O) groups is 2. The average Bonchev–Trinajstić information content (AvgIpc) is 3.00. The van der Waals surface area contributed by atoms with Crippen molar-refractivity contribution in [3.05, 3.63) is 48.0 Å². The standard InChI is InChI=1S/C24H29N3O5S/c1-24(2)20-15-19(33(30,31)26-12-5-4-6-13-26)10-11-21(20)27(23(24)29)16-22(28)25-17-8-7-9-18(14-17)32-3/h7-11,14-15H,4-6,12-13,16H2,1-3H3,(H,25,28). The second kappa shape index (κ2) is 8.79. The Morgan fingerprint density at radius 3 is 2.52 bits per heavy atom. The molecule has 2 heterocycles. The predicted molar refractivity (Wildman–Crippen MR) is 126 cm³/mol. The highest BCUT2D eigenvalue weighted by Gasteiger charge is 2.45. The molecule has 4 rings (SSSR count). The lowest BCUT2D eigenvalue weighted by molar-refractivity contribution is -0.124. The minimum Gasteiger partial charge on any atom is -0.497 e. The fourth-order valence-electron chi connectivity index (χ4n) is 4.43. The smallest absolute Gasteiger partial charge is 0.244 e. The first-order valence-electron chi connectivity index (χ1n) is 11.0. The lowest BCUT2D eigenvalue weighted by Crippen LogP contribution is -2.40. The second-order valence-corrected chi connectivity index (χ2v) is 10.9. The molecule has 2 aliphatic heterocycles. The maximum Gasteiger partial charge on any atom is 0.244 e. The third-order valence-corrected chi connectivity index (χ3v) is 8.21. The topological polar surface area (TPSA) is 96.0 Å². The zero-order valence-corrected chi connectivity index (χ0v) is 19.9. The van der Waals surface area contributed by atoms with Crippen molar-refractivity contribution in [1.82, 2.24) is 4.31 Å². The van der Waals surface area contributed by atoms with E-state index in [4.69, 9.17) is 4.74 Å². The van der Waals surface area contributed by atoms with Crippen molar-refractivity contribution in [1.29, 1.82) is 0 Å². The Balaban J connectivity index is 1.59. The van der Waals surface area contributed by atoms with Gasteiger partial charge in [-0.2, -0.15) is 4.31 Å². The van der Waals surface area contributed by atoms with Crippen LogP contribution in [-0.2, 0) is 25.0 Å². The van der Waals surface area contributed by atoms with Crippen LogP contribution >= 0.6 is 0 Å². The van der Waals surface area contributed by atoms with Crippen molar-refractivity contribution in [2.75, 3.05) is 37.0 Å². The first-order valence-corrected chi connectivity index (χ1v) is 12.5. The minimum atomic E-state index is -3.63. The Bertz CT molecular complexity index is 1190. The van der Waals surface area contributed by atoms with Gasteiger partial charge in [0.25, 0.3) is 0 Å². The number of piperidine rings is 1. The number of hydrogen-bond acceptors (Lipinski definition) is 5. The van der Waals surface area contributed by atoms with Gasteiger partial charge in [0, 0.05) is 30.5 Å². The van der Waals surface area contributed by atoms with E-state index < -0.39 is 15.4 Å². The van der Waals surface area contributed by atoms with E-state index in [2.05, 4.69) is 5.32 Å². The molecule has 33 heavy (non-hydrogen) atoms. The number of rotatable bonds is 6. The Morgan fingerprint density at radius 2 is 1.82 bits per heavy atom. The van der Waals surface area contributed by atoms with Crippen LogP contribution in [0.4, 0.5) is 11.4 Å². The molecule has 1 saturated heterocycles. The van der Waals surface area contributed by atoms with E-state index in [9.17, 15) is 18.0 Å². The van der Waals surface area contributed by atoms with Crippen molar-refractivity contribution in [3.8, 4) is 5.75 Å². The maximum absolute atomic E-state index is 13.2. The summed E-state index contributed by atoms with van der Waals surface area (Å²) in [5.41, 5.74) is 0.788. The van der Waals surface area contributed by atoms with Crippen molar-refractivity contribution < 1.29 is 22.7 Å². The Morgan fingerprint density at radius 1 is 1.09 bits per heavy atom. The zero-order chi connectivity index (χ0) is 23.8. The molecule has 0 bridgehead atoms. The van der Waals surface area contributed by atoms with E-state index in [1.165, 1.54) is 15.3 Å². The first kappa shape index (κ1) is 23.3. The zero-order valence-electron chi connectivity index (χ0n) is 19.1. The van der Waals surface area contributed by atoms with Gasteiger partial charge in [-0.25, -0.2) is 8.42 Å². The van der Waals surface area contributed by atoms with Crippen LogP contribution in [0.3, 0.4) is 0 Å². The summed E-state index contributed by atoms with van der Waals surface area (Å²) >= 11 is 0. The molecule has 1 fully saturated rings. The van der Waals surface area contributed by atoms with Crippen molar-refractivity contribution >= 4 is 33.2 Å². The molecule has 0 radical (unpaired) electrons. The van der Waals surface area contributed by atoms with Crippen LogP contribution in [-0.4, -0.2) is 51.3 Å². The van der Waals surface area contributed by atoms with Gasteiger partial charge in [0.05, 0.1) is 17.4 Å². The minimum absolute atomic E-state index is 0.176. The Labute approximate surface area is 194 Å². The lowest BCUT2D eigenvalue weighted by Gasteiger charge is -2.26. The van der Waals surface area contributed by atoms with Crippen LogP contribution in [0.25, 0.3) is 0 Å². The molecule has 2 amide bonds. The highest BCUT2D eigenvalue weighted by molar-refractivity contribution is 7.89. The molecular weight excluding hydrogens is 442 g/mol. The molecule has 2 aromatic rings. The number of anilines is 2. The first-order chi connectivity index (χ1) is 15.6. The van der Waals surface area contributed by atoms with Gasteiger partial charge in [-0.1, -0.05) is 12.5 Å². The second-order valence-electron chi connectivity index (χ2n) is 8.94. The van der Waals surface area contributed by atoms with Gasteiger partial charge in [0.2, 0.25) is 21.8 Å². The van der Waals surface area contributed by atoms with Crippen LogP contribution in [0.5, 0.6) is 5.75 Å². The summed E-state index contributed by atoms with van der Waals surface area (Å²) in [6.07, 6.45) is 2.74. The number of hydrogen-bond donors (Lipinski definition) is 1. The largest absolute Gasteiger partial charge is 0.497 e. The molecule has 1 N–H and O–H groups in total. The average molecular weight is 472 g/mol. The summed E-state index contributed by atoms with van der Waals surface area (Å²) in [6, 6.07) is 11.7. The molecule has 176 valence electrons. The van der Waals surface area contributed by atoms with E-state index >= 15 is 0 Å². The lowest BCUT2D eigenvalue weighted by atomic mass is 9.86. The summed E-state index contributed by atoms with van der Waals surface area (Å²) < 4.78 is 33.0. The van der Waals surface area contributed by atoms with E-state index in [1.807, 2.05) is 0 Å². The van der Waals surface area contributed by atoms with E-state index in [-0.39, 0.29) is 23.3 Å². The summed E-state index contributed by atoms with van der Waals surface area (Å²) in [6.45, 7) is 4.36. The quantitative estimate of drug-likeness (QED) is 0.698. The Kier molecular flexibility index (Phi) is 6.20. The van der Waals surface area contributed by atoms with Crippen LogP contribution < -0.4 is 15.0 Å². The normalized spacial score (nSPS) is 18.2. The van der Waals surface area contributed by atoms with Gasteiger partial charge >= 0.3 is 0 Å². The number of sulfonamides is 1. The third-order valence-electron chi connectivity index (χ3n) is 6.32. The van der Waals surface area contributed by atoms with Crippen molar-refractivity contribution in [2.45, 2.75) is 43.4 Å². The van der Waals surface area contributed by atoms with Gasteiger partial charge in [-0.05, 0) is 62.6 Å². The number of fused-ring (bicyclic) bond motifs is 1. The fourth-order valence-corrected chi connectivity index (χ4v) is 5.97. The number of carbonyl (C=O) groups excluding carboxylic acids is 2. The molecule has 0 atom stereocenters. The van der Waals surface area contributed by atoms with Gasteiger partial charge in [0.1, 0.15) is 12.3 Å². The van der Waals surface area contributed by atoms with Crippen LogP contribution in [0.15, 0.2) is 47.4 Å². The number of ether oxygens (including phenoxy) is 1. The predicted octanol–water partition coefficient (Wildman–Crippen LogP) is 3.13. The molecule has 0 unspecified atom stereocenters. The third kappa shape index (κ3) is 4.35. The molecule has 0 saturated carbocycles. The summed E-state index contributed by atoms with van der Waals surface area (Å²) in [4.78, 5) is 27.5. The van der Waals surface area contributed by atoms with Gasteiger partial charge in [-0.15, -0.1) is 0 Å². The Hall–Kier alpha value is -2.91. The van der Waals surface area contributed by atoms with Gasteiger partial charge in [-0.3, -0.25) is 9.59 Å². The van der Waals surface area contributed by atoms with Crippen LogP contribution in [0.1, 0.15) is 38.7 Å². The van der Waals surface area contributed by atoms with Gasteiger partial charge < -0.3 is 15.0 Å². The van der Waals surface area contributed by atoms with E-state index in [1.54, 1.807) is 57.4 Å². The van der Waals surface area contributed by atoms with Crippen molar-refractivity contribution in [2.24, 2.45) is 0 Å². The van der Waals surface area contributed by atoms with Crippen LogP contribution in [0, 0.1) is 0 Å². The highest BCUT2D eigenvalue weighted by atomic mass is 32.2. The molecule has 2 aliphatic rings. The van der Waals surface area contributed by atoms with E-state index in [0.717, 1.165) is 19.3 Å². The number of amides is 2. The number of nitrogens with one attached hydrogen (secondary N) is 1. The van der Waals surface area contributed by atoms with Crippen molar-refractivity contribution in [3.63, 3.8) is 0 Å². The number of benzene rings is 2. The molecule has 8 nitrogen and oxygen atoms in total. The molecular formula is C24H29N3O5S. The molecule has 0 aromatic heterocycles. The maximum atomic E-state index is 13.2. The SMILES string of the molecule is COc1cccc(NC(=O)CN2C(=O)C(C)(C)c3cc(S(=O)(=O)N4CCCCC4)ccc32)c1. The fraction of sp³-hybridized carbons (Fsp3) is 0.417. The van der Waals surface area contributed by atoms with Crippen LogP contribution in [0.2, 0.25) is 0 Å². The summed E-state index contributed by atoms with van der Waals surface area (Å²) in [5.74, 6) is 0.00931. The number of methoxy groups -OCH3 is 1. The monoisotopic (exact) mass is 471 g/mol. The van der Waals surface area contributed by atoms with Gasteiger partial charge in [0.15, 0.2) is 0 Å². The molecule has 0 spiro atoms.